The average Bonchev–Trinajstić information content (AvgIpc) is 3.62. The highest BCUT2D eigenvalue weighted by Crippen LogP contribution is 2.53. The number of para-hydroxylation sites is 1. The summed E-state index contributed by atoms with van der Waals surface area (Å²) >= 11 is 0. The number of halogens is 1. The fourth-order valence-corrected chi connectivity index (χ4v) is 10.8. The first-order valence-corrected chi connectivity index (χ1v) is 19.2. The second-order valence-electron chi connectivity index (χ2n) is 16.0. The number of hydrogen-bond acceptors (Lipinski definition) is 8. The van der Waals surface area contributed by atoms with E-state index in [-0.39, 0.29) is 41.7 Å². The van der Waals surface area contributed by atoms with Gasteiger partial charge in [-0.1, -0.05) is 50.8 Å². The van der Waals surface area contributed by atoms with Gasteiger partial charge in [-0.25, -0.2) is 9.29 Å². The van der Waals surface area contributed by atoms with Gasteiger partial charge < -0.3 is 19.4 Å². The SMILES string of the molecule is C=CC(=O)N1CCN(C2C3CC[C@]4(CC3NC(OC[C@H]3CCCN3C)N2C2CCCCCCC2)CN(C)c2c(F)cccc24)C[C@H]1CC#N. The quantitative estimate of drug-likeness (QED) is 0.404. The van der Waals surface area contributed by atoms with Crippen LogP contribution in [-0.4, -0.2) is 116 Å². The minimum absolute atomic E-state index is 0.0855. The van der Waals surface area contributed by atoms with Crippen LogP contribution in [0.4, 0.5) is 10.1 Å². The molecule has 4 aliphatic heterocycles. The van der Waals surface area contributed by atoms with Crippen LogP contribution in [0.3, 0.4) is 0 Å². The minimum atomic E-state index is -0.229. The molecule has 1 N–H and O–H groups in total. The zero-order valence-electron chi connectivity index (χ0n) is 29.9. The Kier molecular flexibility index (Phi) is 10.7. The lowest BCUT2D eigenvalue weighted by Crippen LogP contribution is -2.75. The molecule has 4 heterocycles. The number of hydrogen-bond donors (Lipinski definition) is 1. The molecule has 1 aromatic carbocycles. The maximum Gasteiger partial charge on any atom is 0.246 e. The van der Waals surface area contributed by atoms with E-state index in [2.05, 4.69) is 50.7 Å². The Labute approximate surface area is 293 Å². The Bertz CT molecular complexity index is 1380. The molecule has 1 spiro atoms. The summed E-state index contributed by atoms with van der Waals surface area (Å²) in [5.74, 6) is 0.136. The predicted octanol–water partition coefficient (Wildman–Crippen LogP) is 5.03. The van der Waals surface area contributed by atoms with E-state index in [0.717, 1.165) is 69.4 Å². The lowest BCUT2D eigenvalue weighted by atomic mass is 9.64. The Morgan fingerprint density at radius 3 is 2.61 bits per heavy atom. The molecule has 1 aromatic rings. The number of likely N-dealkylation sites (N-methyl/N-ethyl adjacent to an activating group) is 2. The van der Waals surface area contributed by atoms with Crippen molar-refractivity contribution in [2.75, 3.05) is 58.3 Å². The number of nitrogens with zero attached hydrogens (tertiary/aromatic N) is 6. The maximum atomic E-state index is 15.2. The lowest BCUT2D eigenvalue weighted by Gasteiger charge is -2.60. The van der Waals surface area contributed by atoms with Gasteiger partial charge in [0.05, 0.1) is 37.0 Å². The predicted molar refractivity (Wildman–Crippen MR) is 190 cm³/mol. The number of fused-ring (bicyclic) bond motifs is 3. The normalized spacial score (nSPS) is 35.1. The van der Waals surface area contributed by atoms with Crippen molar-refractivity contribution in [2.24, 2.45) is 5.92 Å². The summed E-state index contributed by atoms with van der Waals surface area (Å²) in [4.78, 5) is 24.7. The molecule has 2 aliphatic carbocycles. The Hall–Kier alpha value is -2.55. The first-order chi connectivity index (χ1) is 23.8. The second kappa shape index (κ2) is 15.0. The molecule has 4 unspecified atom stereocenters. The number of carbonyl (C=O) groups is 1. The van der Waals surface area contributed by atoms with Crippen molar-refractivity contribution in [2.45, 2.75) is 126 Å². The molecule has 7 atom stereocenters. The van der Waals surface area contributed by atoms with Crippen molar-refractivity contribution in [1.29, 1.82) is 5.26 Å². The van der Waals surface area contributed by atoms with Crippen molar-refractivity contribution >= 4 is 11.6 Å². The van der Waals surface area contributed by atoms with Crippen LogP contribution in [-0.2, 0) is 14.9 Å². The van der Waals surface area contributed by atoms with Crippen molar-refractivity contribution in [3.63, 3.8) is 0 Å². The van der Waals surface area contributed by atoms with Crippen LogP contribution in [0.1, 0.15) is 89.0 Å². The summed E-state index contributed by atoms with van der Waals surface area (Å²) in [6, 6.07) is 8.87. The van der Waals surface area contributed by atoms with Crippen molar-refractivity contribution in [3.8, 4) is 6.07 Å². The van der Waals surface area contributed by atoms with Gasteiger partial charge in [-0.15, -0.1) is 0 Å². The number of rotatable bonds is 7. The molecular weight excluding hydrogens is 617 g/mol. The van der Waals surface area contributed by atoms with Crippen molar-refractivity contribution in [1.82, 2.24) is 24.9 Å². The number of benzene rings is 1. The molecule has 0 bridgehead atoms. The second-order valence-corrected chi connectivity index (χ2v) is 16.0. The molecular formula is C39H58FN7O2. The van der Waals surface area contributed by atoms with Crippen molar-refractivity contribution in [3.05, 3.63) is 42.2 Å². The van der Waals surface area contributed by atoms with Gasteiger partial charge in [0.25, 0.3) is 0 Å². The number of nitriles is 1. The summed E-state index contributed by atoms with van der Waals surface area (Å²) in [5.41, 5.74) is 1.82. The van der Waals surface area contributed by atoms with E-state index in [1.54, 1.807) is 6.07 Å². The number of nitrogens with one attached hydrogen (secondary N) is 1. The summed E-state index contributed by atoms with van der Waals surface area (Å²) in [7, 11) is 4.26. The zero-order valence-corrected chi connectivity index (χ0v) is 29.9. The molecule has 0 aromatic heterocycles. The fraction of sp³-hybridized carbons (Fsp3) is 0.744. The van der Waals surface area contributed by atoms with E-state index >= 15 is 4.39 Å². The number of amides is 1. The summed E-state index contributed by atoms with van der Waals surface area (Å²) in [6.07, 6.45) is 15.6. The van der Waals surface area contributed by atoms with Gasteiger partial charge in [0, 0.05) is 62.7 Å². The third kappa shape index (κ3) is 6.79. The molecule has 2 saturated carbocycles. The summed E-state index contributed by atoms with van der Waals surface area (Å²) < 4.78 is 22.3. The molecule has 5 fully saturated rings. The van der Waals surface area contributed by atoms with Gasteiger partial charge in [-0.05, 0) is 76.2 Å². The molecule has 1 amide bonds. The van der Waals surface area contributed by atoms with Gasteiger partial charge in [-0.3, -0.25) is 15.0 Å². The van der Waals surface area contributed by atoms with Crippen LogP contribution >= 0.6 is 0 Å². The van der Waals surface area contributed by atoms with Crippen LogP contribution in [0.25, 0.3) is 0 Å². The van der Waals surface area contributed by atoms with E-state index in [0.29, 0.717) is 44.1 Å². The third-order valence-corrected chi connectivity index (χ3v) is 13.2. The average molecular weight is 676 g/mol. The third-order valence-electron chi connectivity index (χ3n) is 13.2. The van der Waals surface area contributed by atoms with Gasteiger partial charge in [0.2, 0.25) is 5.91 Å². The molecule has 268 valence electrons. The van der Waals surface area contributed by atoms with E-state index < -0.39 is 0 Å². The number of ether oxygens (including phenoxy) is 1. The van der Waals surface area contributed by atoms with Gasteiger partial charge in [-0.2, -0.15) is 5.26 Å². The maximum absolute atomic E-state index is 15.2. The van der Waals surface area contributed by atoms with E-state index in [4.69, 9.17) is 4.74 Å². The highest BCUT2D eigenvalue weighted by molar-refractivity contribution is 5.87. The molecule has 10 heteroatoms. The van der Waals surface area contributed by atoms with Crippen LogP contribution in [0, 0.1) is 23.1 Å². The highest BCUT2D eigenvalue weighted by Gasteiger charge is 2.56. The number of likely N-dealkylation sites (tertiary alicyclic amines) is 1. The van der Waals surface area contributed by atoms with Gasteiger partial charge in [0.1, 0.15) is 5.82 Å². The Morgan fingerprint density at radius 1 is 1.08 bits per heavy atom. The number of piperazine rings is 1. The smallest absolute Gasteiger partial charge is 0.246 e. The van der Waals surface area contributed by atoms with Gasteiger partial charge >= 0.3 is 0 Å². The van der Waals surface area contributed by atoms with Crippen LogP contribution in [0.5, 0.6) is 0 Å². The van der Waals surface area contributed by atoms with Crippen LogP contribution < -0.4 is 10.2 Å². The monoisotopic (exact) mass is 675 g/mol. The number of anilines is 1. The largest absolute Gasteiger partial charge is 0.371 e. The molecule has 6 aliphatic rings. The summed E-state index contributed by atoms with van der Waals surface area (Å²) in [5, 5.41) is 14.0. The molecule has 0 radical (unpaired) electrons. The highest BCUT2D eigenvalue weighted by atomic mass is 19.1. The van der Waals surface area contributed by atoms with Crippen LogP contribution in [0.15, 0.2) is 30.9 Å². The first kappa shape index (κ1) is 34.9. The molecule has 49 heavy (non-hydrogen) atoms. The van der Waals surface area contributed by atoms with Crippen molar-refractivity contribution < 1.29 is 13.9 Å². The zero-order chi connectivity index (χ0) is 34.1. The Morgan fingerprint density at radius 2 is 1.88 bits per heavy atom. The van der Waals surface area contributed by atoms with E-state index in [1.807, 2.05) is 18.0 Å². The van der Waals surface area contributed by atoms with E-state index in [9.17, 15) is 10.1 Å². The topological polar surface area (TPSA) is 78.3 Å². The number of carbonyl (C=O) groups excluding carboxylic acids is 1. The summed E-state index contributed by atoms with van der Waals surface area (Å²) in [6.45, 7) is 8.43. The first-order valence-electron chi connectivity index (χ1n) is 19.2. The van der Waals surface area contributed by atoms with E-state index in [1.165, 1.54) is 44.6 Å². The van der Waals surface area contributed by atoms with Crippen LogP contribution in [0.2, 0.25) is 0 Å². The fourth-order valence-electron chi connectivity index (χ4n) is 10.8. The lowest BCUT2D eigenvalue weighted by molar-refractivity contribution is -0.216. The Balaban J connectivity index is 1.25. The molecule has 9 nitrogen and oxygen atoms in total. The molecule has 3 saturated heterocycles. The van der Waals surface area contributed by atoms with Gasteiger partial charge in [0.15, 0.2) is 6.35 Å². The standard InChI is InChI=1S/C39H58FN7O2/c1-4-35(48)46-23-22-45(25-29(46)18-20-41)37-31-17-19-39(27-44(3)36-32(39)15-10-16-33(36)40)24-34(31)42-38(49-26-30-14-11-21-43(30)2)47(37)28-12-8-6-5-7-9-13-28/h4,10,15-16,28-31,34,37-38,42H,1,5-9,11-14,17-19,21-27H2,2-3H3/t29-,30-,31?,34?,37?,38?,39+/m1/s1. The molecule has 7 rings (SSSR count). The minimum Gasteiger partial charge on any atom is -0.371 e.